The number of Topliss-reactive ketones (excluding diaryl/α,β-unsaturated/α-hetero) is 1. The van der Waals surface area contributed by atoms with E-state index in [1.54, 1.807) is 12.4 Å². The molecule has 0 fully saturated rings. The van der Waals surface area contributed by atoms with Crippen LogP contribution in [-0.4, -0.2) is 35.9 Å². The minimum Gasteiger partial charge on any atom is -0.401 e. The highest BCUT2D eigenvalue weighted by atomic mass is 35.5. The van der Waals surface area contributed by atoms with Crippen molar-refractivity contribution >= 4 is 40.2 Å². The Morgan fingerprint density at radius 3 is 2.69 bits per heavy atom. The van der Waals surface area contributed by atoms with Crippen LogP contribution in [-0.2, 0) is 11.3 Å². The summed E-state index contributed by atoms with van der Waals surface area (Å²) >= 11 is 7.65. The highest BCUT2D eigenvalue weighted by Gasteiger charge is 2.20. The number of benzene rings is 2. The van der Waals surface area contributed by atoms with Gasteiger partial charge in [0.2, 0.25) is 0 Å². The van der Waals surface area contributed by atoms with Crippen molar-refractivity contribution in [1.29, 1.82) is 5.26 Å². The van der Waals surface area contributed by atoms with Gasteiger partial charge in [0.15, 0.2) is 16.8 Å². The van der Waals surface area contributed by atoms with Crippen LogP contribution in [0.5, 0.6) is 0 Å². The molecule has 4 rings (SSSR count). The first-order valence-corrected chi connectivity index (χ1v) is 11.0. The first-order chi connectivity index (χ1) is 15.5. The van der Waals surface area contributed by atoms with Crippen molar-refractivity contribution in [3.8, 4) is 11.8 Å². The van der Waals surface area contributed by atoms with E-state index >= 15 is 0 Å². The molecule has 0 aliphatic carbocycles. The molecule has 2 heterocycles. The van der Waals surface area contributed by atoms with E-state index in [2.05, 4.69) is 15.2 Å². The number of hydrogen-bond donors (Lipinski definition) is 1. The van der Waals surface area contributed by atoms with Gasteiger partial charge in [0, 0.05) is 5.70 Å². The van der Waals surface area contributed by atoms with Gasteiger partial charge in [-0.25, -0.2) is 4.98 Å². The van der Waals surface area contributed by atoms with Crippen LogP contribution in [0.4, 0.5) is 0 Å². The average molecular weight is 464 g/mol. The third kappa shape index (κ3) is 4.23. The minimum absolute atomic E-state index is 0.00593. The van der Waals surface area contributed by atoms with Gasteiger partial charge < -0.3 is 10.3 Å². The number of thioether (sulfide) groups is 1. The fourth-order valence-electron chi connectivity index (χ4n) is 3.23. The molecule has 2 aromatic heterocycles. The van der Waals surface area contributed by atoms with Crippen molar-refractivity contribution in [2.45, 2.75) is 18.6 Å². The van der Waals surface area contributed by atoms with E-state index in [1.165, 1.54) is 18.7 Å². The van der Waals surface area contributed by atoms with Crippen LogP contribution in [0.2, 0.25) is 5.02 Å². The number of halogens is 1. The minimum atomic E-state index is -0.367. The predicted octanol–water partition coefficient (Wildman–Crippen LogP) is 3.74. The third-order valence-electron chi connectivity index (χ3n) is 4.75. The summed E-state index contributed by atoms with van der Waals surface area (Å²) in [6.07, 6.45) is 1.75. The van der Waals surface area contributed by atoms with Gasteiger partial charge in [0.25, 0.3) is 0 Å². The number of ketones is 1. The van der Waals surface area contributed by atoms with Crippen LogP contribution in [0.25, 0.3) is 16.7 Å². The van der Waals surface area contributed by atoms with E-state index in [-0.39, 0.29) is 22.8 Å². The molecular formula is C22H18ClN7OS. The molecule has 4 aromatic rings. The molecule has 0 spiro atoms. The Kier molecular flexibility index (Phi) is 6.25. The molecule has 160 valence electrons. The number of carbonyl (C=O) groups excluding carboxylic acids is 1. The number of nitrogens with two attached hydrogens (primary N) is 1. The van der Waals surface area contributed by atoms with Crippen LogP contribution in [0.1, 0.15) is 12.7 Å². The van der Waals surface area contributed by atoms with Crippen molar-refractivity contribution in [1.82, 2.24) is 24.3 Å². The summed E-state index contributed by atoms with van der Waals surface area (Å²) in [5.74, 6) is 0.254. The monoisotopic (exact) mass is 463 g/mol. The molecule has 10 heteroatoms. The largest absolute Gasteiger partial charge is 0.401 e. The Morgan fingerprint density at radius 1 is 1.19 bits per heavy atom. The van der Waals surface area contributed by atoms with E-state index in [9.17, 15) is 10.1 Å². The van der Waals surface area contributed by atoms with E-state index in [0.29, 0.717) is 28.2 Å². The second-order valence-electron chi connectivity index (χ2n) is 6.93. The van der Waals surface area contributed by atoms with Gasteiger partial charge in [-0.1, -0.05) is 47.6 Å². The maximum Gasteiger partial charge on any atom is 0.196 e. The van der Waals surface area contributed by atoms with Crippen molar-refractivity contribution in [2.24, 2.45) is 5.73 Å². The maximum atomic E-state index is 12.4. The third-order valence-corrected chi connectivity index (χ3v) is 6.00. The number of fused-ring (bicyclic) bond motifs is 1. The molecule has 0 amide bonds. The Balaban J connectivity index is 1.71. The predicted molar refractivity (Wildman–Crippen MR) is 123 cm³/mol. The first kappa shape index (κ1) is 21.6. The zero-order valence-corrected chi connectivity index (χ0v) is 18.6. The van der Waals surface area contributed by atoms with Crippen LogP contribution in [0, 0.1) is 11.3 Å². The second kappa shape index (κ2) is 9.26. The zero-order valence-electron chi connectivity index (χ0n) is 17.1. The topological polar surface area (TPSA) is 115 Å². The molecular weight excluding hydrogens is 446 g/mol. The highest BCUT2D eigenvalue weighted by Crippen LogP contribution is 2.28. The number of imidazole rings is 1. The molecule has 8 nitrogen and oxygen atoms in total. The Bertz CT molecular complexity index is 1380. The molecule has 0 unspecified atom stereocenters. The Hall–Kier alpha value is -3.61. The summed E-state index contributed by atoms with van der Waals surface area (Å²) < 4.78 is 3.79. The molecule has 0 saturated heterocycles. The molecule has 0 bridgehead atoms. The Morgan fingerprint density at radius 2 is 1.94 bits per heavy atom. The molecule has 0 saturated carbocycles. The number of rotatable bonds is 7. The lowest BCUT2D eigenvalue weighted by molar-refractivity contribution is -0.112. The number of allylic oxidation sites excluding steroid dienone is 2. The summed E-state index contributed by atoms with van der Waals surface area (Å²) in [6.45, 7) is 1.93. The Labute approximate surface area is 193 Å². The summed E-state index contributed by atoms with van der Waals surface area (Å²) in [6, 6.07) is 17.0. The van der Waals surface area contributed by atoms with Crippen molar-refractivity contribution in [3.05, 3.63) is 77.0 Å². The number of para-hydroxylation sites is 3. The van der Waals surface area contributed by atoms with E-state index in [1.807, 2.05) is 57.7 Å². The number of hydrogen-bond acceptors (Lipinski definition) is 7. The normalized spacial score (nSPS) is 11.9. The highest BCUT2D eigenvalue weighted by molar-refractivity contribution is 7.99. The van der Waals surface area contributed by atoms with E-state index in [0.717, 1.165) is 11.0 Å². The second-order valence-corrected chi connectivity index (χ2v) is 8.28. The van der Waals surface area contributed by atoms with Gasteiger partial charge in [-0.3, -0.25) is 9.36 Å². The summed E-state index contributed by atoms with van der Waals surface area (Å²) in [4.78, 5) is 16.9. The van der Waals surface area contributed by atoms with E-state index in [4.69, 9.17) is 17.3 Å². The lowest BCUT2D eigenvalue weighted by atomic mass is 10.2. The molecule has 0 atom stereocenters. The van der Waals surface area contributed by atoms with Crippen molar-refractivity contribution in [2.75, 3.05) is 5.75 Å². The molecule has 0 aliphatic rings. The van der Waals surface area contributed by atoms with Gasteiger partial charge in [-0.2, -0.15) is 5.26 Å². The lowest BCUT2D eigenvalue weighted by Crippen LogP contribution is -2.12. The fraction of sp³-hybridized carbons (Fsp3) is 0.136. The summed E-state index contributed by atoms with van der Waals surface area (Å²) in [7, 11) is 0. The van der Waals surface area contributed by atoms with Crippen molar-refractivity contribution < 1.29 is 4.79 Å². The van der Waals surface area contributed by atoms with Crippen LogP contribution >= 0.6 is 23.4 Å². The standard InChI is InChI=1S/C22H18ClN7OS/c1-14(25)15(10-24)20(31)12-32-22-28-27-21(30(22)18-8-4-2-6-16(18)23)11-29-13-26-17-7-3-5-9-19(17)29/h2-9,13H,11-12,25H2,1H3/b15-14-. The van der Waals surface area contributed by atoms with Gasteiger partial charge in [-0.15, -0.1) is 10.2 Å². The fourth-order valence-corrected chi connectivity index (χ4v) is 4.29. The molecule has 2 N–H and O–H groups in total. The zero-order chi connectivity index (χ0) is 22.7. The first-order valence-electron chi connectivity index (χ1n) is 9.61. The average Bonchev–Trinajstić information content (AvgIpc) is 3.37. The maximum absolute atomic E-state index is 12.4. The smallest absolute Gasteiger partial charge is 0.196 e. The quantitative estimate of drug-likeness (QED) is 0.252. The summed E-state index contributed by atoms with van der Waals surface area (Å²) in [5, 5.41) is 18.9. The van der Waals surface area contributed by atoms with Crippen molar-refractivity contribution in [3.63, 3.8) is 0 Å². The number of aromatic nitrogens is 5. The number of nitriles is 1. The van der Waals surface area contributed by atoms with E-state index < -0.39 is 0 Å². The molecule has 0 radical (unpaired) electrons. The molecule has 0 aliphatic heterocycles. The number of nitrogens with zero attached hydrogens (tertiary/aromatic N) is 6. The van der Waals surface area contributed by atoms with Gasteiger partial charge in [-0.05, 0) is 31.2 Å². The van der Waals surface area contributed by atoms with Gasteiger partial charge >= 0.3 is 0 Å². The van der Waals surface area contributed by atoms with Crippen LogP contribution in [0.15, 0.2) is 71.3 Å². The summed E-state index contributed by atoms with van der Waals surface area (Å²) in [5.41, 5.74) is 8.33. The van der Waals surface area contributed by atoms with Gasteiger partial charge in [0.05, 0.1) is 40.4 Å². The lowest BCUT2D eigenvalue weighted by Gasteiger charge is -2.12. The van der Waals surface area contributed by atoms with Crippen LogP contribution in [0.3, 0.4) is 0 Å². The SMILES string of the molecule is C/C(N)=C(\C#N)C(=O)CSc1nnc(Cn2cnc3ccccc32)n1-c1ccccc1Cl. The number of carbonyl (C=O) groups is 1. The van der Waals surface area contributed by atoms with Gasteiger partial charge in [0.1, 0.15) is 11.6 Å². The van der Waals surface area contributed by atoms with Crippen LogP contribution < -0.4 is 5.73 Å². The molecule has 2 aromatic carbocycles. The molecule has 32 heavy (non-hydrogen) atoms.